The van der Waals surface area contributed by atoms with Crippen molar-refractivity contribution in [1.29, 1.82) is 0 Å². The number of benzene rings is 1. The summed E-state index contributed by atoms with van der Waals surface area (Å²) in [6.07, 6.45) is 0. The average Bonchev–Trinajstić information content (AvgIpc) is 2.78. The second-order valence-corrected chi connectivity index (χ2v) is 6.46. The van der Waals surface area contributed by atoms with Crippen LogP contribution in [0.3, 0.4) is 0 Å². The summed E-state index contributed by atoms with van der Waals surface area (Å²) in [7, 11) is -0.369. The largest absolute Gasteiger partial charge is 0.516 e. The molecule has 1 aromatic carbocycles. The number of rotatable bonds is 1. The Morgan fingerprint density at radius 3 is 2.33 bits per heavy atom. The summed E-state index contributed by atoms with van der Waals surface area (Å²) < 4.78 is 17.7. The van der Waals surface area contributed by atoms with E-state index in [-0.39, 0.29) is 18.3 Å². The molecule has 5 heteroatoms. The summed E-state index contributed by atoms with van der Waals surface area (Å²) in [4.78, 5) is 0. The highest BCUT2D eigenvalue weighted by Crippen LogP contribution is 2.37. The van der Waals surface area contributed by atoms with Crippen LogP contribution < -0.4 is 5.59 Å². The Hall–Kier alpha value is -0.905. The van der Waals surface area contributed by atoms with E-state index in [0.29, 0.717) is 0 Å². The molecule has 0 atom stereocenters. The molecule has 1 aromatic heterocycles. The maximum atomic E-state index is 6.04. The van der Waals surface area contributed by atoms with Gasteiger partial charge in [0.2, 0.25) is 0 Å². The minimum absolute atomic E-state index is 0.317. The van der Waals surface area contributed by atoms with Gasteiger partial charge in [0.1, 0.15) is 0 Å². The number of fused-ring (bicyclic) bond motifs is 1. The Balaban J connectivity index is 2.03. The van der Waals surface area contributed by atoms with Gasteiger partial charge in [-0.05, 0) is 45.3 Å². The second-order valence-electron chi connectivity index (χ2n) is 5.65. The monoisotopic (exact) mass is 261 g/mol. The maximum absolute atomic E-state index is 6.04. The Morgan fingerprint density at radius 2 is 1.67 bits per heavy atom. The van der Waals surface area contributed by atoms with Gasteiger partial charge in [0.05, 0.1) is 21.5 Å². The fraction of sp³-hybridized carbons (Fsp3) is 0.462. The summed E-state index contributed by atoms with van der Waals surface area (Å²) in [5.41, 5.74) is 0.263. The Labute approximate surface area is 111 Å². The predicted octanol–water partition coefficient (Wildman–Crippen LogP) is 2.60. The second kappa shape index (κ2) is 3.79. The van der Waals surface area contributed by atoms with Crippen molar-refractivity contribution in [3.63, 3.8) is 0 Å². The zero-order valence-corrected chi connectivity index (χ0v) is 11.9. The fourth-order valence-corrected chi connectivity index (χ4v) is 2.82. The number of hydrogen-bond acceptors (Lipinski definition) is 4. The molecule has 2 heterocycles. The summed E-state index contributed by atoms with van der Waals surface area (Å²) >= 11 is 1.49. The molecule has 94 valence electrons. The molecule has 0 aliphatic carbocycles. The summed E-state index contributed by atoms with van der Waals surface area (Å²) in [6.45, 7) is 8.23. The van der Waals surface area contributed by atoms with Crippen LogP contribution in [-0.4, -0.2) is 22.7 Å². The van der Waals surface area contributed by atoms with Crippen LogP contribution in [-0.2, 0) is 9.31 Å². The molecule has 0 unspecified atom stereocenters. The van der Waals surface area contributed by atoms with Gasteiger partial charge in [-0.3, -0.25) is 0 Å². The number of aromatic nitrogens is 1. The van der Waals surface area contributed by atoms with Crippen molar-refractivity contribution in [1.82, 2.24) is 4.37 Å². The zero-order chi connectivity index (χ0) is 13.0. The first kappa shape index (κ1) is 12.1. The van der Waals surface area contributed by atoms with E-state index in [9.17, 15) is 0 Å². The predicted molar refractivity (Wildman–Crippen MR) is 75.3 cm³/mol. The quantitative estimate of drug-likeness (QED) is 0.739. The molecule has 1 aliphatic rings. The highest BCUT2D eigenvalue weighted by molar-refractivity contribution is 7.14. The summed E-state index contributed by atoms with van der Waals surface area (Å²) in [5.74, 6) is 0. The van der Waals surface area contributed by atoms with Crippen molar-refractivity contribution in [2.24, 2.45) is 0 Å². The van der Waals surface area contributed by atoms with E-state index in [1.807, 2.05) is 12.1 Å². The first-order valence-corrected chi connectivity index (χ1v) is 6.88. The lowest BCUT2D eigenvalue weighted by atomic mass is 9.82. The molecule has 1 aliphatic heterocycles. The van der Waals surface area contributed by atoms with Crippen LogP contribution in [0.5, 0.6) is 0 Å². The smallest absolute Gasteiger partial charge is 0.398 e. The Morgan fingerprint density at radius 1 is 1.06 bits per heavy atom. The third-order valence-corrected chi connectivity index (χ3v) is 4.72. The van der Waals surface area contributed by atoms with Gasteiger partial charge in [0, 0.05) is 5.39 Å². The van der Waals surface area contributed by atoms with Gasteiger partial charge in [-0.1, -0.05) is 18.2 Å². The standard InChI is InChI=1S/C13H16BNO2S/c1-12(2)13(3,4)17-14(16-12)11-9-7-5-6-8-10(9)18-15-11/h5-8H,1-4H3. The van der Waals surface area contributed by atoms with Gasteiger partial charge in [0.15, 0.2) is 0 Å². The van der Waals surface area contributed by atoms with Crippen molar-refractivity contribution in [2.45, 2.75) is 38.9 Å². The van der Waals surface area contributed by atoms with Gasteiger partial charge in [-0.25, -0.2) is 4.37 Å². The molecule has 0 N–H and O–H groups in total. The topological polar surface area (TPSA) is 31.4 Å². The summed E-state index contributed by atoms with van der Waals surface area (Å²) in [6, 6.07) is 8.18. The van der Waals surface area contributed by atoms with E-state index >= 15 is 0 Å². The molecule has 2 aromatic rings. The minimum Gasteiger partial charge on any atom is -0.398 e. The van der Waals surface area contributed by atoms with Gasteiger partial charge < -0.3 is 9.31 Å². The molecule has 1 fully saturated rings. The molecular formula is C13H16BNO2S. The lowest BCUT2D eigenvalue weighted by Gasteiger charge is -2.32. The van der Waals surface area contributed by atoms with Crippen LogP contribution in [0.15, 0.2) is 24.3 Å². The Kier molecular flexibility index (Phi) is 2.56. The first-order valence-electron chi connectivity index (χ1n) is 6.11. The molecule has 1 saturated heterocycles. The summed E-state index contributed by atoms with van der Waals surface area (Å²) in [5, 5.41) is 1.13. The molecular weight excluding hydrogens is 245 g/mol. The third kappa shape index (κ3) is 1.69. The highest BCUT2D eigenvalue weighted by Gasteiger charge is 2.53. The van der Waals surface area contributed by atoms with E-state index < -0.39 is 0 Å². The van der Waals surface area contributed by atoms with Crippen LogP contribution in [0.25, 0.3) is 10.1 Å². The molecule has 0 saturated carbocycles. The molecule has 0 bridgehead atoms. The van der Waals surface area contributed by atoms with E-state index in [2.05, 4.69) is 44.2 Å². The third-order valence-electron chi connectivity index (χ3n) is 3.88. The zero-order valence-electron chi connectivity index (χ0n) is 11.1. The van der Waals surface area contributed by atoms with Crippen LogP contribution in [0, 0.1) is 0 Å². The number of hydrogen-bond donors (Lipinski definition) is 0. The fourth-order valence-electron chi connectivity index (χ4n) is 2.03. The first-order chi connectivity index (χ1) is 8.41. The molecule has 0 spiro atoms. The van der Waals surface area contributed by atoms with Crippen LogP contribution in [0.2, 0.25) is 0 Å². The maximum Gasteiger partial charge on any atom is 0.516 e. The minimum atomic E-state index is -0.369. The van der Waals surface area contributed by atoms with Gasteiger partial charge in [-0.2, -0.15) is 0 Å². The average molecular weight is 261 g/mol. The molecule has 3 rings (SSSR count). The molecule has 0 amide bonds. The van der Waals surface area contributed by atoms with Crippen molar-refractivity contribution in [3.05, 3.63) is 24.3 Å². The van der Waals surface area contributed by atoms with Gasteiger partial charge in [0.25, 0.3) is 0 Å². The van der Waals surface area contributed by atoms with Crippen LogP contribution >= 0.6 is 11.5 Å². The normalized spacial score (nSPS) is 21.7. The molecule has 18 heavy (non-hydrogen) atoms. The van der Waals surface area contributed by atoms with E-state index in [0.717, 1.165) is 11.0 Å². The van der Waals surface area contributed by atoms with Crippen LogP contribution in [0.1, 0.15) is 27.7 Å². The van der Waals surface area contributed by atoms with Crippen molar-refractivity contribution in [3.8, 4) is 0 Å². The van der Waals surface area contributed by atoms with E-state index in [1.54, 1.807) is 0 Å². The molecule has 0 radical (unpaired) electrons. The van der Waals surface area contributed by atoms with E-state index in [4.69, 9.17) is 9.31 Å². The molecule has 3 nitrogen and oxygen atoms in total. The van der Waals surface area contributed by atoms with Crippen molar-refractivity contribution < 1.29 is 9.31 Å². The number of nitrogens with zero attached hydrogens (tertiary/aromatic N) is 1. The van der Waals surface area contributed by atoms with Crippen molar-refractivity contribution in [2.75, 3.05) is 0 Å². The lowest BCUT2D eigenvalue weighted by Crippen LogP contribution is -2.41. The SMILES string of the molecule is CC1(C)OB(c2nsc3ccccc23)OC1(C)C. The van der Waals surface area contributed by atoms with Crippen LogP contribution in [0.4, 0.5) is 0 Å². The van der Waals surface area contributed by atoms with Crippen molar-refractivity contribution >= 4 is 34.3 Å². The Bertz CT molecular complexity index is 577. The van der Waals surface area contributed by atoms with Gasteiger partial charge in [-0.15, -0.1) is 0 Å². The highest BCUT2D eigenvalue weighted by atomic mass is 32.1. The van der Waals surface area contributed by atoms with E-state index in [1.165, 1.54) is 16.2 Å². The lowest BCUT2D eigenvalue weighted by molar-refractivity contribution is 0.00578. The van der Waals surface area contributed by atoms with Gasteiger partial charge >= 0.3 is 7.12 Å².